The smallest absolute Gasteiger partial charge is 0.227 e. The molecule has 0 N–H and O–H groups in total. The summed E-state index contributed by atoms with van der Waals surface area (Å²) in [6.45, 7) is 4.66. The number of nitrogens with zero attached hydrogens (tertiary/aromatic N) is 1. The summed E-state index contributed by atoms with van der Waals surface area (Å²) in [5, 5.41) is 1.70. The molecule has 0 aliphatic heterocycles. The van der Waals surface area contributed by atoms with E-state index in [2.05, 4.69) is 19.9 Å². The van der Waals surface area contributed by atoms with E-state index in [-0.39, 0.29) is 5.91 Å². The van der Waals surface area contributed by atoms with E-state index in [4.69, 9.17) is 16.0 Å². The highest BCUT2D eigenvalue weighted by Gasteiger charge is 2.15. The van der Waals surface area contributed by atoms with E-state index in [1.54, 1.807) is 18.2 Å². The van der Waals surface area contributed by atoms with Crippen LogP contribution in [0.4, 0.5) is 0 Å². The highest BCUT2D eigenvalue weighted by molar-refractivity contribution is 6.30. The fourth-order valence-corrected chi connectivity index (χ4v) is 2.98. The highest BCUT2D eigenvalue weighted by atomic mass is 35.5. The lowest BCUT2D eigenvalue weighted by Gasteiger charge is -2.17. The first-order valence-corrected chi connectivity index (χ1v) is 8.27. The van der Waals surface area contributed by atoms with E-state index in [1.807, 2.05) is 30.3 Å². The first-order valence-electron chi connectivity index (χ1n) is 7.90. The van der Waals surface area contributed by atoms with Crippen molar-refractivity contribution in [3.63, 3.8) is 0 Å². The molecule has 1 amide bonds. The molecule has 0 saturated heterocycles. The number of amides is 1. The average Bonchev–Trinajstić information content (AvgIpc) is 2.90. The van der Waals surface area contributed by atoms with Gasteiger partial charge in [-0.15, -0.1) is 0 Å². The fraction of sp³-hybridized carbons (Fsp3) is 0.250. The largest absolute Gasteiger partial charge is 0.464 e. The Kier molecular flexibility index (Phi) is 4.63. The second-order valence-corrected chi connectivity index (χ2v) is 6.69. The van der Waals surface area contributed by atoms with E-state index >= 15 is 0 Å². The summed E-state index contributed by atoms with van der Waals surface area (Å²) in [6, 6.07) is 11.7. The molecule has 24 heavy (non-hydrogen) atoms. The molecule has 3 nitrogen and oxygen atoms in total. The van der Waals surface area contributed by atoms with Crippen LogP contribution < -0.4 is 0 Å². The Morgan fingerprint density at radius 3 is 2.67 bits per heavy atom. The Morgan fingerprint density at radius 2 is 1.92 bits per heavy atom. The predicted octanol–water partition coefficient (Wildman–Crippen LogP) is 4.90. The van der Waals surface area contributed by atoms with Crippen molar-refractivity contribution in [3.8, 4) is 0 Å². The second kappa shape index (κ2) is 6.70. The third-order valence-corrected chi connectivity index (χ3v) is 4.58. The minimum atomic E-state index is 0.0518. The number of likely N-dealkylation sites (N-methyl/N-ethyl adjacent to an activating group) is 1. The zero-order valence-electron chi connectivity index (χ0n) is 14.1. The molecule has 0 atom stereocenters. The van der Waals surface area contributed by atoms with Gasteiger partial charge in [-0.25, -0.2) is 0 Å². The molecule has 0 fully saturated rings. The molecule has 0 spiro atoms. The number of hydrogen-bond acceptors (Lipinski definition) is 2. The maximum Gasteiger partial charge on any atom is 0.227 e. The molecule has 0 unspecified atom stereocenters. The van der Waals surface area contributed by atoms with Crippen LogP contribution >= 0.6 is 11.6 Å². The molecule has 0 aliphatic carbocycles. The molecule has 4 heteroatoms. The van der Waals surface area contributed by atoms with Crippen LogP contribution in [-0.2, 0) is 17.8 Å². The van der Waals surface area contributed by atoms with Crippen molar-refractivity contribution in [3.05, 3.63) is 69.9 Å². The standard InChI is InChI=1S/C20H20ClNO2/c1-13-7-18-16(12-24-19(18)8-14(13)2)10-20(23)22(3)11-15-5-4-6-17(21)9-15/h4-9,12H,10-11H2,1-3H3. The van der Waals surface area contributed by atoms with Gasteiger partial charge in [-0.1, -0.05) is 23.7 Å². The topological polar surface area (TPSA) is 33.5 Å². The van der Waals surface area contributed by atoms with E-state index in [0.29, 0.717) is 18.0 Å². The molecule has 124 valence electrons. The van der Waals surface area contributed by atoms with Gasteiger partial charge in [-0.05, 0) is 54.8 Å². The van der Waals surface area contributed by atoms with Crippen LogP contribution in [0.3, 0.4) is 0 Å². The molecule has 1 heterocycles. The van der Waals surface area contributed by atoms with E-state index in [0.717, 1.165) is 22.1 Å². The van der Waals surface area contributed by atoms with Crippen LogP contribution in [-0.4, -0.2) is 17.9 Å². The van der Waals surface area contributed by atoms with Gasteiger partial charge in [0.2, 0.25) is 5.91 Å². The van der Waals surface area contributed by atoms with Crippen LogP contribution in [0.5, 0.6) is 0 Å². The number of fused-ring (bicyclic) bond motifs is 1. The van der Waals surface area contributed by atoms with Crippen molar-refractivity contribution in [2.24, 2.45) is 0 Å². The summed E-state index contributed by atoms with van der Waals surface area (Å²) in [6.07, 6.45) is 2.02. The Bertz CT molecular complexity index is 898. The van der Waals surface area contributed by atoms with Gasteiger partial charge in [0, 0.05) is 29.6 Å². The number of aryl methyl sites for hydroxylation is 2. The highest BCUT2D eigenvalue weighted by Crippen LogP contribution is 2.25. The molecule has 0 bridgehead atoms. The summed E-state index contributed by atoms with van der Waals surface area (Å²) in [4.78, 5) is 14.3. The van der Waals surface area contributed by atoms with Crippen LogP contribution in [0.2, 0.25) is 5.02 Å². The van der Waals surface area contributed by atoms with Gasteiger partial charge < -0.3 is 9.32 Å². The van der Waals surface area contributed by atoms with E-state index in [1.165, 1.54) is 11.1 Å². The fourth-order valence-electron chi connectivity index (χ4n) is 2.77. The molecule has 3 aromatic rings. The van der Waals surface area contributed by atoms with Gasteiger partial charge in [-0.3, -0.25) is 4.79 Å². The monoisotopic (exact) mass is 341 g/mol. The number of hydrogen-bond donors (Lipinski definition) is 0. The number of benzene rings is 2. The Morgan fingerprint density at radius 1 is 1.17 bits per heavy atom. The quantitative estimate of drug-likeness (QED) is 0.676. The third kappa shape index (κ3) is 3.46. The molecule has 3 rings (SSSR count). The molecule has 2 aromatic carbocycles. The van der Waals surface area contributed by atoms with Gasteiger partial charge in [0.05, 0.1) is 12.7 Å². The van der Waals surface area contributed by atoms with Crippen LogP contribution in [0, 0.1) is 13.8 Å². The zero-order valence-corrected chi connectivity index (χ0v) is 14.9. The van der Waals surface area contributed by atoms with Gasteiger partial charge in [0.15, 0.2) is 0 Å². The molecular formula is C20H20ClNO2. The van der Waals surface area contributed by atoms with Crippen LogP contribution in [0.25, 0.3) is 11.0 Å². The number of carbonyl (C=O) groups excluding carboxylic acids is 1. The van der Waals surface area contributed by atoms with Crippen molar-refractivity contribution >= 4 is 28.5 Å². The summed E-state index contributed by atoms with van der Waals surface area (Å²) in [5.41, 5.74) is 5.16. The van der Waals surface area contributed by atoms with Gasteiger partial charge >= 0.3 is 0 Å². The Labute approximate surface area is 146 Å². The van der Waals surface area contributed by atoms with E-state index < -0.39 is 0 Å². The van der Waals surface area contributed by atoms with Gasteiger partial charge in [-0.2, -0.15) is 0 Å². The zero-order chi connectivity index (χ0) is 17.3. The molecule has 0 aliphatic rings. The number of rotatable bonds is 4. The molecule has 0 saturated carbocycles. The van der Waals surface area contributed by atoms with Crippen molar-refractivity contribution in [2.45, 2.75) is 26.8 Å². The lowest BCUT2D eigenvalue weighted by molar-refractivity contribution is -0.129. The third-order valence-electron chi connectivity index (χ3n) is 4.35. The molecule has 0 radical (unpaired) electrons. The Balaban J connectivity index is 1.76. The first-order chi connectivity index (χ1) is 11.4. The van der Waals surface area contributed by atoms with Gasteiger partial charge in [0.25, 0.3) is 0 Å². The van der Waals surface area contributed by atoms with Crippen molar-refractivity contribution in [2.75, 3.05) is 7.05 Å². The summed E-state index contributed by atoms with van der Waals surface area (Å²) >= 11 is 6.00. The lowest BCUT2D eigenvalue weighted by atomic mass is 10.0. The minimum absolute atomic E-state index is 0.0518. The normalized spacial score (nSPS) is 11.0. The number of halogens is 1. The SMILES string of the molecule is Cc1cc2occ(CC(=O)N(C)Cc3cccc(Cl)c3)c2cc1C. The second-order valence-electron chi connectivity index (χ2n) is 6.25. The summed E-state index contributed by atoms with van der Waals surface area (Å²) < 4.78 is 5.61. The number of furan rings is 1. The minimum Gasteiger partial charge on any atom is -0.464 e. The van der Waals surface area contributed by atoms with Crippen molar-refractivity contribution < 1.29 is 9.21 Å². The summed E-state index contributed by atoms with van der Waals surface area (Å²) in [5.74, 6) is 0.0518. The first kappa shape index (κ1) is 16.6. The van der Waals surface area contributed by atoms with Gasteiger partial charge in [0.1, 0.15) is 5.58 Å². The average molecular weight is 342 g/mol. The molecular weight excluding hydrogens is 322 g/mol. The van der Waals surface area contributed by atoms with Crippen LogP contribution in [0.15, 0.2) is 47.1 Å². The van der Waals surface area contributed by atoms with Crippen molar-refractivity contribution in [1.29, 1.82) is 0 Å². The predicted molar refractivity (Wildman–Crippen MR) is 97.3 cm³/mol. The Hall–Kier alpha value is -2.26. The maximum absolute atomic E-state index is 12.5. The van der Waals surface area contributed by atoms with Crippen LogP contribution in [0.1, 0.15) is 22.3 Å². The number of carbonyl (C=O) groups is 1. The summed E-state index contributed by atoms with van der Waals surface area (Å²) in [7, 11) is 1.81. The molecule has 1 aromatic heterocycles. The van der Waals surface area contributed by atoms with Crippen molar-refractivity contribution in [1.82, 2.24) is 4.90 Å². The maximum atomic E-state index is 12.5. The lowest BCUT2D eigenvalue weighted by Crippen LogP contribution is -2.27. The van der Waals surface area contributed by atoms with E-state index in [9.17, 15) is 4.79 Å².